The largest absolute Gasteiger partial charge is 0.493 e. The molecule has 0 amide bonds. The van der Waals surface area contributed by atoms with Crippen LogP contribution >= 0.6 is 12.2 Å². The van der Waals surface area contributed by atoms with Gasteiger partial charge in [0.15, 0.2) is 0 Å². The average molecular weight is 223 g/mol. The Morgan fingerprint density at radius 1 is 1.47 bits per heavy atom. The van der Waals surface area contributed by atoms with Crippen molar-refractivity contribution in [3.05, 3.63) is 29.3 Å². The van der Waals surface area contributed by atoms with E-state index in [2.05, 4.69) is 6.92 Å². The van der Waals surface area contributed by atoms with Crippen molar-refractivity contribution in [3.63, 3.8) is 0 Å². The van der Waals surface area contributed by atoms with Crippen LogP contribution in [0.1, 0.15) is 30.9 Å². The molecule has 0 aliphatic rings. The lowest BCUT2D eigenvalue weighted by atomic mass is 10.1. The van der Waals surface area contributed by atoms with E-state index in [9.17, 15) is 0 Å². The number of benzene rings is 1. The van der Waals surface area contributed by atoms with Crippen LogP contribution in [0.2, 0.25) is 0 Å². The second-order valence-electron chi connectivity index (χ2n) is 3.57. The Balaban J connectivity index is 2.82. The van der Waals surface area contributed by atoms with Crippen molar-refractivity contribution in [2.24, 2.45) is 5.73 Å². The first-order chi connectivity index (χ1) is 7.15. The number of aryl methyl sites for hydroxylation is 1. The van der Waals surface area contributed by atoms with Gasteiger partial charge in [0.25, 0.3) is 0 Å². The van der Waals surface area contributed by atoms with E-state index in [0.717, 1.165) is 36.3 Å². The van der Waals surface area contributed by atoms with E-state index < -0.39 is 0 Å². The SMILES string of the molecule is CCCCOc1cc(C)ccc1C(N)=S. The van der Waals surface area contributed by atoms with Gasteiger partial charge in [0.05, 0.1) is 12.2 Å². The summed E-state index contributed by atoms with van der Waals surface area (Å²) in [5, 5.41) is 0. The normalized spacial score (nSPS) is 10.0. The average Bonchev–Trinajstić information content (AvgIpc) is 2.18. The number of rotatable bonds is 5. The molecule has 1 aromatic rings. The van der Waals surface area contributed by atoms with Crippen LogP contribution in [0.15, 0.2) is 18.2 Å². The molecule has 0 atom stereocenters. The number of ether oxygens (including phenoxy) is 1. The van der Waals surface area contributed by atoms with Crippen molar-refractivity contribution in [2.75, 3.05) is 6.61 Å². The maximum Gasteiger partial charge on any atom is 0.129 e. The summed E-state index contributed by atoms with van der Waals surface area (Å²) in [6, 6.07) is 5.88. The third-order valence-electron chi connectivity index (χ3n) is 2.16. The second-order valence-corrected chi connectivity index (χ2v) is 4.01. The number of nitrogens with two attached hydrogens (primary N) is 1. The van der Waals surface area contributed by atoms with E-state index in [0.29, 0.717) is 4.99 Å². The second kappa shape index (κ2) is 5.71. The topological polar surface area (TPSA) is 35.2 Å². The molecule has 0 bridgehead atoms. The Morgan fingerprint density at radius 3 is 2.80 bits per heavy atom. The molecular formula is C12H17NOS. The molecule has 15 heavy (non-hydrogen) atoms. The minimum Gasteiger partial charge on any atom is -0.493 e. The van der Waals surface area contributed by atoms with E-state index in [1.54, 1.807) is 0 Å². The van der Waals surface area contributed by atoms with E-state index >= 15 is 0 Å². The van der Waals surface area contributed by atoms with Crippen LogP contribution in [0.25, 0.3) is 0 Å². The lowest BCUT2D eigenvalue weighted by molar-refractivity contribution is 0.308. The van der Waals surface area contributed by atoms with Gasteiger partial charge in [-0.15, -0.1) is 0 Å². The van der Waals surface area contributed by atoms with Gasteiger partial charge >= 0.3 is 0 Å². The number of hydrogen-bond acceptors (Lipinski definition) is 2. The smallest absolute Gasteiger partial charge is 0.129 e. The lowest BCUT2D eigenvalue weighted by Gasteiger charge is -2.10. The summed E-state index contributed by atoms with van der Waals surface area (Å²) in [5.74, 6) is 0.802. The highest BCUT2D eigenvalue weighted by Crippen LogP contribution is 2.20. The fourth-order valence-electron chi connectivity index (χ4n) is 1.28. The standard InChI is InChI=1S/C12H17NOS/c1-3-4-7-14-11-8-9(2)5-6-10(11)12(13)15/h5-6,8H,3-4,7H2,1-2H3,(H2,13,15). The number of hydrogen-bond donors (Lipinski definition) is 1. The molecule has 0 radical (unpaired) electrons. The highest BCUT2D eigenvalue weighted by atomic mass is 32.1. The van der Waals surface area contributed by atoms with E-state index in [1.165, 1.54) is 0 Å². The van der Waals surface area contributed by atoms with Crippen molar-refractivity contribution < 1.29 is 4.74 Å². The van der Waals surface area contributed by atoms with Gasteiger partial charge in [0, 0.05) is 0 Å². The van der Waals surface area contributed by atoms with Gasteiger partial charge in [-0.1, -0.05) is 31.6 Å². The van der Waals surface area contributed by atoms with Crippen LogP contribution in [0.3, 0.4) is 0 Å². The third-order valence-corrected chi connectivity index (χ3v) is 2.38. The summed E-state index contributed by atoms with van der Waals surface area (Å²) < 4.78 is 5.65. The maximum atomic E-state index is 5.65. The monoisotopic (exact) mass is 223 g/mol. The zero-order valence-electron chi connectivity index (χ0n) is 9.25. The molecule has 1 rings (SSSR count). The molecule has 0 aromatic heterocycles. The molecule has 2 nitrogen and oxygen atoms in total. The lowest BCUT2D eigenvalue weighted by Crippen LogP contribution is -2.12. The van der Waals surface area contributed by atoms with Crippen LogP contribution in [0.5, 0.6) is 5.75 Å². The molecule has 0 heterocycles. The molecule has 82 valence electrons. The van der Waals surface area contributed by atoms with Crippen molar-refractivity contribution in [2.45, 2.75) is 26.7 Å². The Labute approximate surface area is 96.4 Å². The van der Waals surface area contributed by atoms with Crippen molar-refractivity contribution in [1.29, 1.82) is 0 Å². The number of unbranched alkanes of at least 4 members (excludes halogenated alkanes) is 1. The molecule has 0 saturated carbocycles. The summed E-state index contributed by atoms with van der Waals surface area (Å²) >= 11 is 4.97. The first kappa shape index (κ1) is 12.0. The molecule has 0 aliphatic carbocycles. The molecule has 3 heteroatoms. The molecule has 2 N–H and O–H groups in total. The molecule has 0 unspecified atom stereocenters. The number of thiocarbonyl (C=S) groups is 1. The van der Waals surface area contributed by atoms with Gasteiger partial charge in [0.2, 0.25) is 0 Å². The molecular weight excluding hydrogens is 206 g/mol. The third kappa shape index (κ3) is 3.51. The van der Waals surface area contributed by atoms with Crippen molar-refractivity contribution in [3.8, 4) is 5.75 Å². The fraction of sp³-hybridized carbons (Fsp3) is 0.417. The minimum atomic E-state index is 0.390. The molecule has 0 aliphatic heterocycles. The van der Waals surface area contributed by atoms with Gasteiger partial charge in [0.1, 0.15) is 10.7 Å². The van der Waals surface area contributed by atoms with E-state index in [-0.39, 0.29) is 0 Å². The summed E-state index contributed by atoms with van der Waals surface area (Å²) in [7, 11) is 0. The highest BCUT2D eigenvalue weighted by Gasteiger charge is 2.06. The van der Waals surface area contributed by atoms with Crippen LogP contribution in [-0.2, 0) is 0 Å². The van der Waals surface area contributed by atoms with Crippen LogP contribution < -0.4 is 10.5 Å². The molecule has 1 aromatic carbocycles. The molecule has 0 spiro atoms. The predicted octanol–water partition coefficient (Wildman–Crippen LogP) is 2.81. The summed E-state index contributed by atoms with van der Waals surface area (Å²) in [5.41, 5.74) is 7.60. The first-order valence-corrected chi connectivity index (χ1v) is 5.59. The summed E-state index contributed by atoms with van der Waals surface area (Å²) in [6.07, 6.45) is 2.17. The van der Waals surface area contributed by atoms with Gasteiger partial charge in [-0.25, -0.2) is 0 Å². The summed E-state index contributed by atoms with van der Waals surface area (Å²) in [4.78, 5) is 0.390. The Hall–Kier alpha value is -1.09. The first-order valence-electron chi connectivity index (χ1n) is 5.18. The van der Waals surface area contributed by atoms with Gasteiger partial charge in [-0.3, -0.25) is 0 Å². The zero-order chi connectivity index (χ0) is 11.3. The van der Waals surface area contributed by atoms with Gasteiger partial charge < -0.3 is 10.5 Å². The highest BCUT2D eigenvalue weighted by molar-refractivity contribution is 7.80. The van der Waals surface area contributed by atoms with Gasteiger partial charge in [-0.2, -0.15) is 0 Å². The molecule has 0 saturated heterocycles. The van der Waals surface area contributed by atoms with Crippen molar-refractivity contribution in [1.82, 2.24) is 0 Å². The molecule has 0 fully saturated rings. The quantitative estimate of drug-likeness (QED) is 0.616. The van der Waals surface area contributed by atoms with Crippen LogP contribution in [-0.4, -0.2) is 11.6 Å². The Morgan fingerprint density at radius 2 is 2.20 bits per heavy atom. The Bertz CT molecular complexity index is 349. The van der Waals surface area contributed by atoms with Crippen molar-refractivity contribution >= 4 is 17.2 Å². The maximum absolute atomic E-state index is 5.65. The minimum absolute atomic E-state index is 0.390. The van der Waals surface area contributed by atoms with E-state index in [1.807, 2.05) is 25.1 Å². The zero-order valence-corrected chi connectivity index (χ0v) is 10.1. The van der Waals surface area contributed by atoms with Crippen LogP contribution in [0.4, 0.5) is 0 Å². The van der Waals surface area contributed by atoms with E-state index in [4.69, 9.17) is 22.7 Å². The van der Waals surface area contributed by atoms with Crippen LogP contribution in [0, 0.1) is 6.92 Å². The predicted molar refractivity (Wildman–Crippen MR) is 67.5 cm³/mol. The Kier molecular flexibility index (Phi) is 4.56. The van der Waals surface area contributed by atoms with Gasteiger partial charge in [-0.05, 0) is 31.0 Å². The fourth-order valence-corrected chi connectivity index (χ4v) is 1.45. The summed E-state index contributed by atoms with van der Waals surface area (Å²) in [6.45, 7) is 4.87.